The summed E-state index contributed by atoms with van der Waals surface area (Å²) in [6, 6.07) is 5.00. The molecule has 0 unspecified atom stereocenters. The minimum absolute atomic E-state index is 0.0970. The number of benzene rings is 1. The van der Waals surface area contributed by atoms with E-state index in [1.54, 1.807) is 18.2 Å². The Morgan fingerprint density at radius 3 is 2.71 bits per heavy atom. The van der Waals surface area contributed by atoms with E-state index in [1.807, 2.05) is 13.8 Å². The van der Waals surface area contributed by atoms with Gasteiger partial charge in [-0.3, -0.25) is 0 Å². The van der Waals surface area contributed by atoms with Crippen molar-refractivity contribution in [2.45, 2.75) is 20.0 Å². The topological polar surface area (TPSA) is 84.0 Å². The third-order valence-electron chi connectivity index (χ3n) is 1.52. The van der Waals surface area contributed by atoms with Gasteiger partial charge in [0.25, 0.3) is 0 Å². The van der Waals surface area contributed by atoms with Crippen molar-refractivity contribution in [3.63, 3.8) is 0 Å². The van der Waals surface area contributed by atoms with Gasteiger partial charge in [-0.1, -0.05) is 5.11 Å². The molecular weight excluding hydrogens is 180 g/mol. The van der Waals surface area contributed by atoms with Crippen LogP contribution in [0.25, 0.3) is 10.4 Å². The van der Waals surface area contributed by atoms with Gasteiger partial charge in [0.05, 0.1) is 11.8 Å². The van der Waals surface area contributed by atoms with Gasteiger partial charge in [-0.15, -0.1) is 0 Å². The second-order valence-electron chi connectivity index (χ2n) is 3.08. The van der Waals surface area contributed by atoms with Crippen LogP contribution in [0.5, 0.6) is 5.75 Å². The summed E-state index contributed by atoms with van der Waals surface area (Å²) in [5, 5.41) is 3.43. The Hall–Kier alpha value is -1.87. The molecular formula is C9H12N4O. The minimum atomic E-state index is 0.0970. The molecule has 14 heavy (non-hydrogen) atoms. The van der Waals surface area contributed by atoms with Gasteiger partial charge in [0.1, 0.15) is 5.75 Å². The number of rotatable bonds is 3. The van der Waals surface area contributed by atoms with E-state index in [-0.39, 0.29) is 6.10 Å². The zero-order valence-corrected chi connectivity index (χ0v) is 8.14. The fourth-order valence-corrected chi connectivity index (χ4v) is 1.02. The maximum atomic E-state index is 8.23. The van der Waals surface area contributed by atoms with E-state index >= 15 is 0 Å². The van der Waals surface area contributed by atoms with Gasteiger partial charge in [-0.05, 0) is 31.5 Å². The molecule has 5 heteroatoms. The average Bonchev–Trinajstić information content (AvgIpc) is 2.09. The molecule has 1 aromatic rings. The molecule has 0 saturated heterocycles. The molecule has 74 valence electrons. The van der Waals surface area contributed by atoms with Gasteiger partial charge in [0, 0.05) is 16.7 Å². The molecule has 2 N–H and O–H groups in total. The van der Waals surface area contributed by atoms with Crippen molar-refractivity contribution in [3.05, 3.63) is 28.6 Å². The van der Waals surface area contributed by atoms with Crippen LogP contribution in [-0.4, -0.2) is 6.10 Å². The third-order valence-corrected chi connectivity index (χ3v) is 1.52. The van der Waals surface area contributed by atoms with Crippen molar-refractivity contribution in [1.82, 2.24) is 0 Å². The van der Waals surface area contributed by atoms with Crippen LogP contribution in [0.3, 0.4) is 0 Å². The maximum absolute atomic E-state index is 8.23. The molecule has 0 spiro atoms. The lowest BCUT2D eigenvalue weighted by Gasteiger charge is -2.10. The molecule has 0 heterocycles. The Morgan fingerprint density at radius 1 is 1.50 bits per heavy atom. The van der Waals surface area contributed by atoms with Crippen LogP contribution in [0.4, 0.5) is 11.4 Å². The summed E-state index contributed by atoms with van der Waals surface area (Å²) in [6.45, 7) is 3.86. The SMILES string of the molecule is CC(C)Oc1ccc(N=[N+]=[N-])c(N)c1. The van der Waals surface area contributed by atoms with Gasteiger partial charge in [-0.2, -0.15) is 0 Å². The highest BCUT2D eigenvalue weighted by Crippen LogP contribution is 2.27. The summed E-state index contributed by atoms with van der Waals surface area (Å²) in [7, 11) is 0. The van der Waals surface area contributed by atoms with E-state index in [1.165, 1.54) is 0 Å². The predicted molar refractivity (Wildman–Crippen MR) is 55.4 cm³/mol. The first kappa shape index (κ1) is 10.2. The molecule has 0 aliphatic rings. The Morgan fingerprint density at radius 2 is 2.21 bits per heavy atom. The number of ether oxygens (including phenoxy) is 1. The van der Waals surface area contributed by atoms with E-state index in [0.29, 0.717) is 17.1 Å². The molecule has 0 fully saturated rings. The van der Waals surface area contributed by atoms with Crippen molar-refractivity contribution in [2.24, 2.45) is 5.11 Å². The summed E-state index contributed by atoms with van der Waals surface area (Å²) in [4.78, 5) is 2.66. The lowest BCUT2D eigenvalue weighted by molar-refractivity contribution is 0.242. The van der Waals surface area contributed by atoms with Crippen LogP contribution >= 0.6 is 0 Å². The van der Waals surface area contributed by atoms with E-state index in [4.69, 9.17) is 16.0 Å². The lowest BCUT2D eigenvalue weighted by atomic mass is 10.2. The highest BCUT2D eigenvalue weighted by molar-refractivity contribution is 5.64. The molecule has 0 aromatic heterocycles. The molecule has 0 amide bonds. The molecule has 0 saturated carbocycles. The smallest absolute Gasteiger partial charge is 0.121 e. The van der Waals surface area contributed by atoms with Crippen molar-refractivity contribution in [2.75, 3.05) is 5.73 Å². The summed E-state index contributed by atoms with van der Waals surface area (Å²) in [5.74, 6) is 0.675. The Labute approximate surface area is 82.1 Å². The summed E-state index contributed by atoms with van der Waals surface area (Å²) in [5.41, 5.74) is 14.7. The Bertz CT molecular complexity index is 369. The zero-order valence-electron chi connectivity index (χ0n) is 8.14. The highest BCUT2D eigenvalue weighted by Gasteiger charge is 2.01. The second-order valence-corrected chi connectivity index (χ2v) is 3.08. The van der Waals surface area contributed by atoms with Gasteiger partial charge in [0.15, 0.2) is 0 Å². The van der Waals surface area contributed by atoms with E-state index in [2.05, 4.69) is 10.0 Å². The van der Waals surface area contributed by atoms with Gasteiger partial charge < -0.3 is 10.5 Å². The standard InChI is InChI=1S/C9H12N4O/c1-6(2)14-7-3-4-9(12-13-11)8(10)5-7/h3-6H,10H2,1-2H3. The van der Waals surface area contributed by atoms with Crippen molar-refractivity contribution < 1.29 is 4.74 Å². The van der Waals surface area contributed by atoms with E-state index < -0.39 is 0 Å². The van der Waals surface area contributed by atoms with Crippen molar-refractivity contribution in [3.8, 4) is 5.75 Å². The van der Waals surface area contributed by atoms with Crippen LogP contribution in [0, 0.1) is 0 Å². The normalized spacial score (nSPS) is 9.64. The summed E-state index contributed by atoms with van der Waals surface area (Å²) < 4.78 is 5.41. The van der Waals surface area contributed by atoms with Crippen molar-refractivity contribution in [1.29, 1.82) is 0 Å². The van der Waals surface area contributed by atoms with Crippen LogP contribution < -0.4 is 10.5 Å². The monoisotopic (exact) mass is 192 g/mol. The molecule has 0 bridgehead atoms. The van der Waals surface area contributed by atoms with Gasteiger partial charge >= 0.3 is 0 Å². The molecule has 1 rings (SSSR count). The molecule has 0 atom stereocenters. The number of azide groups is 1. The van der Waals surface area contributed by atoms with Crippen molar-refractivity contribution >= 4 is 11.4 Å². The number of hydrogen-bond acceptors (Lipinski definition) is 3. The highest BCUT2D eigenvalue weighted by atomic mass is 16.5. The first-order valence-electron chi connectivity index (χ1n) is 4.24. The van der Waals surface area contributed by atoms with Gasteiger partial charge in [-0.25, -0.2) is 0 Å². The van der Waals surface area contributed by atoms with Crippen LogP contribution in [0.2, 0.25) is 0 Å². The van der Waals surface area contributed by atoms with Crippen LogP contribution in [0.15, 0.2) is 23.3 Å². The Balaban J connectivity index is 2.94. The number of anilines is 1. The molecule has 0 radical (unpaired) electrons. The van der Waals surface area contributed by atoms with E-state index in [0.717, 1.165) is 0 Å². The number of hydrogen-bond donors (Lipinski definition) is 1. The minimum Gasteiger partial charge on any atom is -0.491 e. The van der Waals surface area contributed by atoms with Gasteiger partial charge in [0.2, 0.25) is 0 Å². The largest absolute Gasteiger partial charge is 0.491 e. The quantitative estimate of drug-likeness (QED) is 0.345. The Kier molecular flexibility index (Phi) is 3.20. The number of nitrogen functional groups attached to an aromatic ring is 1. The second kappa shape index (κ2) is 4.39. The predicted octanol–water partition coefficient (Wildman–Crippen LogP) is 3.00. The summed E-state index contributed by atoms with van der Waals surface area (Å²) in [6.07, 6.45) is 0.0970. The first-order chi connectivity index (χ1) is 6.63. The molecule has 0 aliphatic carbocycles. The zero-order chi connectivity index (χ0) is 10.6. The molecule has 1 aromatic carbocycles. The molecule has 5 nitrogen and oxygen atoms in total. The first-order valence-corrected chi connectivity index (χ1v) is 4.24. The van der Waals surface area contributed by atoms with E-state index in [9.17, 15) is 0 Å². The fourth-order valence-electron chi connectivity index (χ4n) is 1.02. The van der Waals surface area contributed by atoms with Crippen LogP contribution in [0.1, 0.15) is 13.8 Å². The number of nitrogens with two attached hydrogens (primary N) is 1. The summed E-state index contributed by atoms with van der Waals surface area (Å²) >= 11 is 0. The van der Waals surface area contributed by atoms with Crippen LogP contribution in [-0.2, 0) is 0 Å². The fraction of sp³-hybridized carbons (Fsp3) is 0.333. The molecule has 0 aliphatic heterocycles. The average molecular weight is 192 g/mol. The third kappa shape index (κ3) is 2.57. The lowest BCUT2D eigenvalue weighted by Crippen LogP contribution is -2.05. The maximum Gasteiger partial charge on any atom is 0.121 e. The number of nitrogens with zero attached hydrogens (tertiary/aromatic N) is 3.